The van der Waals surface area contributed by atoms with Gasteiger partial charge in [-0.05, 0) is 32.4 Å². The first-order chi connectivity index (χ1) is 9.76. The number of non-ortho nitro benzene ring substituents is 1. The number of amides is 1. The molecular formula is C14H18N2O5. The quantitative estimate of drug-likeness (QED) is 0.640. The summed E-state index contributed by atoms with van der Waals surface area (Å²) in [5, 5.41) is 19.7. The number of carboxylic acids is 1. The molecule has 1 N–H and O–H groups in total. The molecular weight excluding hydrogens is 276 g/mol. The molecule has 0 heterocycles. The molecule has 0 aliphatic heterocycles. The number of rotatable bonds is 6. The van der Waals surface area contributed by atoms with Crippen LogP contribution in [-0.2, 0) is 4.79 Å². The highest BCUT2D eigenvalue weighted by molar-refractivity contribution is 5.95. The third-order valence-corrected chi connectivity index (χ3v) is 3.12. The fourth-order valence-corrected chi connectivity index (χ4v) is 2.18. The van der Waals surface area contributed by atoms with E-state index in [1.54, 1.807) is 26.8 Å². The van der Waals surface area contributed by atoms with Crippen molar-refractivity contribution in [3.05, 3.63) is 39.4 Å². The Balaban J connectivity index is 3.10. The Morgan fingerprint density at radius 1 is 1.38 bits per heavy atom. The van der Waals surface area contributed by atoms with Crippen LogP contribution in [0, 0.1) is 17.0 Å². The normalized spacial score (nSPS) is 11.8. The lowest BCUT2D eigenvalue weighted by atomic mass is 10.1. The molecule has 1 rings (SSSR count). The molecule has 0 aliphatic carbocycles. The van der Waals surface area contributed by atoms with Crippen LogP contribution >= 0.6 is 0 Å². The Bertz CT molecular complexity index is 570. The first kappa shape index (κ1) is 16.6. The molecule has 1 aromatic carbocycles. The van der Waals surface area contributed by atoms with Crippen molar-refractivity contribution in [3.63, 3.8) is 0 Å². The van der Waals surface area contributed by atoms with Gasteiger partial charge in [0.1, 0.15) is 0 Å². The number of nitro groups is 1. The van der Waals surface area contributed by atoms with Gasteiger partial charge in [-0.2, -0.15) is 0 Å². The van der Waals surface area contributed by atoms with Crippen LogP contribution in [0.4, 0.5) is 5.69 Å². The van der Waals surface area contributed by atoms with E-state index in [1.165, 1.54) is 17.0 Å². The Morgan fingerprint density at radius 3 is 2.48 bits per heavy atom. The molecule has 0 saturated carbocycles. The van der Waals surface area contributed by atoms with Gasteiger partial charge in [-0.1, -0.05) is 0 Å². The number of aliphatic carboxylic acids is 1. The summed E-state index contributed by atoms with van der Waals surface area (Å²) in [5.74, 6) is -1.40. The van der Waals surface area contributed by atoms with Crippen molar-refractivity contribution in [2.45, 2.75) is 33.2 Å². The largest absolute Gasteiger partial charge is 0.481 e. The standard InChI is InChI=1S/C14H18N2O5/c1-4-15(10(3)7-13(17)18)14(19)11-5-9(2)6-12(8-11)16(20)21/h5-6,8,10H,4,7H2,1-3H3,(H,17,18). The van der Waals surface area contributed by atoms with Gasteiger partial charge in [-0.25, -0.2) is 0 Å². The number of carbonyl (C=O) groups is 2. The SMILES string of the molecule is CCN(C(=O)c1cc(C)cc([N+](=O)[O-])c1)C(C)CC(=O)O. The van der Waals surface area contributed by atoms with Crippen LogP contribution < -0.4 is 0 Å². The van der Waals surface area contributed by atoms with Crippen LogP contribution in [0.15, 0.2) is 18.2 Å². The number of nitro benzene ring substituents is 1. The minimum atomic E-state index is -0.996. The predicted octanol–water partition coefficient (Wildman–Crippen LogP) is 2.23. The summed E-state index contributed by atoms with van der Waals surface area (Å²) in [6.45, 7) is 5.37. The van der Waals surface area contributed by atoms with Crippen molar-refractivity contribution in [2.75, 3.05) is 6.54 Å². The van der Waals surface area contributed by atoms with E-state index in [2.05, 4.69) is 0 Å². The molecule has 1 atom stereocenters. The molecule has 0 saturated heterocycles. The van der Waals surface area contributed by atoms with Gasteiger partial charge in [0.2, 0.25) is 0 Å². The third-order valence-electron chi connectivity index (χ3n) is 3.12. The molecule has 0 aliphatic rings. The van der Waals surface area contributed by atoms with Crippen LogP contribution in [0.3, 0.4) is 0 Å². The third kappa shape index (κ3) is 4.27. The maximum absolute atomic E-state index is 12.4. The topological polar surface area (TPSA) is 101 Å². The van der Waals surface area contributed by atoms with E-state index in [4.69, 9.17) is 5.11 Å². The minimum absolute atomic E-state index is 0.153. The second-order valence-corrected chi connectivity index (χ2v) is 4.85. The number of hydrogen-bond acceptors (Lipinski definition) is 4. The Labute approximate surface area is 122 Å². The number of aryl methyl sites for hydroxylation is 1. The van der Waals surface area contributed by atoms with E-state index in [0.717, 1.165) is 0 Å². The van der Waals surface area contributed by atoms with Crippen LogP contribution in [0.25, 0.3) is 0 Å². The summed E-state index contributed by atoms with van der Waals surface area (Å²) < 4.78 is 0. The fraction of sp³-hybridized carbons (Fsp3) is 0.429. The van der Waals surface area contributed by atoms with Gasteiger partial charge in [0.05, 0.1) is 11.3 Å². The first-order valence-electron chi connectivity index (χ1n) is 6.55. The van der Waals surface area contributed by atoms with E-state index in [-0.39, 0.29) is 17.7 Å². The average molecular weight is 294 g/mol. The smallest absolute Gasteiger partial charge is 0.305 e. The highest BCUT2D eigenvalue weighted by atomic mass is 16.6. The fourth-order valence-electron chi connectivity index (χ4n) is 2.18. The highest BCUT2D eigenvalue weighted by Crippen LogP contribution is 2.19. The molecule has 0 spiro atoms. The lowest BCUT2D eigenvalue weighted by molar-refractivity contribution is -0.384. The zero-order valence-corrected chi connectivity index (χ0v) is 12.2. The van der Waals surface area contributed by atoms with Crippen molar-refractivity contribution in [3.8, 4) is 0 Å². The van der Waals surface area contributed by atoms with Gasteiger partial charge in [-0.3, -0.25) is 19.7 Å². The van der Waals surface area contributed by atoms with Gasteiger partial charge in [-0.15, -0.1) is 0 Å². The number of benzene rings is 1. The maximum atomic E-state index is 12.4. The molecule has 1 aromatic rings. The summed E-state index contributed by atoms with van der Waals surface area (Å²) >= 11 is 0. The second kappa shape index (κ2) is 6.83. The van der Waals surface area contributed by atoms with Crippen LogP contribution in [-0.4, -0.2) is 39.4 Å². The lowest BCUT2D eigenvalue weighted by Crippen LogP contribution is -2.39. The number of carboxylic acid groups (broad SMARTS) is 1. The Morgan fingerprint density at radius 2 is 2.00 bits per heavy atom. The van der Waals surface area contributed by atoms with E-state index in [9.17, 15) is 19.7 Å². The van der Waals surface area contributed by atoms with Crippen molar-refractivity contribution >= 4 is 17.6 Å². The van der Waals surface area contributed by atoms with E-state index in [1.807, 2.05) is 0 Å². The molecule has 7 nitrogen and oxygen atoms in total. The zero-order valence-electron chi connectivity index (χ0n) is 12.2. The Hall–Kier alpha value is -2.44. The number of carbonyl (C=O) groups excluding carboxylic acids is 1. The van der Waals surface area contributed by atoms with Gasteiger partial charge in [0.25, 0.3) is 11.6 Å². The second-order valence-electron chi connectivity index (χ2n) is 4.85. The van der Waals surface area contributed by atoms with E-state index in [0.29, 0.717) is 12.1 Å². The van der Waals surface area contributed by atoms with Crippen molar-refractivity contribution in [2.24, 2.45) is 0 Å². The molecule has 0 radical (unpaired) electrons. The minimum Gasteiger partial charge on any atom is -0.481 e. The molecule has 0 aromatic heterocycles. The summed E-state index contributed by atoms with van der Waals surface area (Å²) in [6, 6.07) is 3.67. The molecule has 0 fully saturated rings. The van der Waals surface area contributed by atoms with Crippen molar-refractivity contribution in [1.29, 1.82) is 0 Å². The molecule has 114 valence electrons. The number of hydrogen-bond donors (Lipinski definition) is 1. The highest BCUT2D eigenvalue weighted by Gasteiger charge is 2.23. The summed E-state index contributed by atoms with van der Waals surface area (Å²) in [5.41, 5.74) is 0.649. The maximum Gasteiger partial charge on any atom is 0.305 e. The van der Waals surface area contributed by atoms with E-state index < -0.39 is 22.8 Å². The van der Waals surface area contributed by atoms with Gasteiger partial charge < -0.3 is 10.0 Å². The van der Waals surface area contributed by atoms with Crippen LogP contribution in [0.2, 0.25) is 0 Å². The van der Waals surface area contributed by atoms with Gasteiger partial charge in [0, 0.05) is 30.3 Å². The van der Waals surface area contributed by atoms with Crippen molar-refractivity contribution in [1.82, 2.24) is 4.90 Å². The van der Waals surface area contributed by atoms with E-state index >= 15 is 0 Å². The predicted molar refractivity (Wildman–Crippen MR) is 76.3 cm³/mol. The molecule has 0 bridgehead atoms. The summed E-state index contributed by atoms with van der Waals surface area (Å²) in [7, 11) is 0. The average Bonchev–Trinajstić information content (AvgIpc) is 2.37. The summed E-state index contributed by atoms with van der Waals surface area (Å²) in [4.78, 5) is 34.9. The lowest BCUT2D eigenvalue weighted by Gasteiger charge is -2.27. The zero-order chi connectivity index (χ0) is 16.2. The summed E-state index contributed by atoms with van der Waals surface area (Å²) in [6.07, 6.45) is -0.173. The van der Waals surface area contributed by atoms with Crippen LogP contribution in [0.1, 0.15) is 36.2 Å². The first-order valence-corrected chi connectivity index (χ1v) is 6.55. The molecule has 1 amide bonds. The van der Waals surface area contributed by atoms with Crippen molar-refractivity contribution < 1.29 is 19.6 Å². The number of nitrogens with zero attached hydrogens (tertiary/aromatic N) is 2. The van der Waals surface area contributed by atoms with Gasteiger partial charge >= 0.3 is 5.97 Å². The molecule has 1 unspecified atom stereocenters. The van der Waals surface area contributed by atoms with Crippen LogP contribution in [0.5, 0.6) is 0 Å². The molecule has 7 heteroatoms. The Kier molecular flexibility index (Phi) is 5.40. The monoisotopic (exact) mass is 294 g/mol. The molecule has 21 heavy (non-hydrogen) atoms. The van der Waals surface area contributed by atoms with Gasteiger partial charge in [0.15, 0.2) is 0 Å².